The van der Waals surface area contributed by atoms with Crippen molar-refractivity contribution in [1.29, 1.82) is 0 Å². The fourth-order valence-electron chi connectivity index (χ4n) is 1.62. The van der Waals surface area contributed by atoms with Gasteiger partial charge < -0.3 is 10.5 Å². The largest absolute Gasteiger partial charge is 0.372 e. The first-order valence-corrected chi connectivity index (χ1v) is 5.54. The molecule has 82 valence electrons. The van der Waals surface area contributed by atoms with Crippen LogP contribution in [0.1, 0.15) is 31.4 Å². The van der Waals surface area contributed by atoms with Crippen molar-refractivity contribution in [3.63, 3.8) is 0 Å². The monoisotopic (exact) mass is 206 g/mol. The number of aromatic nitrogens is 1. The molecule has 0 radical (unpaired) electrons. The van der Waals surface area contributed by atoms with Gasteiger partial charge in [-0.2, -0.15) is 0 Å². The van der Waals surface area contributed by atoms with Crippen molar-refractivity contribution in [3.8, 4) is 0 Å². The summed E-state index contributed by atoms with van der Waals surface area (Å²) in [4.78, 5) is 4.10. The van der Waals surface area contributed by atoms with E-state index in [2.05, 4.69) is 4.98 Å². The Hall–Kier alpha value is -0.930. The van der Waals surface area contributed by atoms with Gasteiger partial charge in [0.05, 0.1) is 12.7 Å². The minimum Gasteiger partial charge on any atom is -0.372 e. The van der Waals surface area contributed by atoms with Crippen LogP contribution < -0.4 is 5.73 Å². The Labute approximate surface area is 90.7 Å². The highest BCUT2D eigenvalue weighted by Gasteiger charge is 2.25. The summed E-state index contributed by atoms with van der Waals surface area (Å²) in [7, 11) is 0. The molecule has 1 aromatic heterocycles. The molecule has 1 aliphatic carbocycles. The van der Waals surface area contributed by atoms with Gasteiger partial charge in [-0.15, -0.1) is 0 Å². The van der Waals surface area contributed by atoms with E-state index < -0.39 is 0 Å². The topological polar surface area (TPSA) is 48.1 Å². The van der Waals surface area contributed by atoms with E-state index >= 15 is 0 Å². The lowest BCUT2D eigenvalue weighted by atomic mass is 10.1. The van der Waals surface area contributed by atoms with Crippen LogP contribution in [0.15, 0.2) is 24.5 Å². The second-order valence-electron chi connectivity index (χ2n) is 4.34. The smallest absolute Gasteiger partial charge is 0.0987 e. The fourth-order valence-corrected chi connectivity index (χ4v) is 1.62. The Balaban J connectivity index is 1.98. The second-order valence-corrected chi connectivity index (χ2v) is 4.34. The van der Waals surface area contributed by atoms with Crippen molar-refractivity contribution in [2.75, 3.05) is 6.61 Å². The summed E-state index contributed by atoms with van der Waals surface area (Å²) in [5.74, 6) is 0.767. The standard InChI is InChI=1S/C12H18N2O/c1-9(13)12(15-8-10-4-5-10)11-3-2-6-14-7-11/h2-3,6-7,9-10,12H,4-5,8,13H2,1H3. The lowest BCUT2D eigenvalue weighted by Gasteiger charge is -2.21. The SMILES string of the molecule is CC(N)C(OCC1CC1)c1cccnc1. The van der Waals surface area contributed by atoms with Gasteiger partial charge in [0.1, 0.15) is 0 Å². The Morgan fingerprint density at radius 3 is 2.93 bits per heavy atom. The molecule has 0 aromatic carbocycles. The molecule has 1 fully saturated rings. The summed E-state index contributed by atoms with van der Waals surface area (Å²) < 4.78 is 5.85. The zero-order chi connectivity index (χ0) is 10.7. The minimum absolute atomic E-state index is 0.00736. The average molecular weight is 206 g/mol. The maximum atomic E-state index is 5.92. The Morgan fingerprint density at radius 2 is 2.40 bits per heavy atom. The van der Waals surface area contributed by atoms with E-state index in [1.807, 2.05) is 25.3 Å². The molecule has 2 N–H and O–H groups in total. The highest BCUT2D eigenvalue weighted by atomic mass is 16.5. The van der Waals surface area contributed by atoms with Gasteiger partial charge in [0.15, 0.2) is 0 Å². The van der Waals surface area contributed by atoms with E-state index in [4.69, 9.17) is 10.5 Å². The number of nitrogens with zero attached hydrogens (tertiary/aromatic N) is 1. The van der Waals surface area contributed by atoms with Crippen LogP contribution in [0.3, 0.4) is 0 Å². The van der Waals surface area contributed by atoms with Gasteiger partial charge in [0.25, 0.3) is 0 Å². The molecule has 1 saturated carbocycles. The molecule has 0 aliphatic heterocycles. The third kappa shape index (κ3) is 3.01. The molecule has 1 aliphatic rings. The molecule has 1 heterocycles. The van der Waals surface area contributed by atoms with Crippen molar-refractivity contribution in [2.24, 2.45) is 11.7 Å². The Kier molecular flexibility index (Phi) is 3.34. The van der Waals surface area contributed by atoms with Crippen LogP contribution in [0.5, 0.6) is 0 Å². The quantitative estimate of drug-likeness (QED) is 0.800. The Morgan fingerprint density at radius 1 is 1.60 bits per heavy atom. The van der Waals surface area contributed by atoms with Crippen molar-refractivity contribution in [1.82, 2.24) is 4.98 Å². The maximum absolute atomic E-state index is 5.92. The average Bonchev–Trinajstić information content (AvgIpc) is 3.03. The fraction of sp³-hybridized carbons (Fsp3) is 0.583. The molecular formula is C12H18N2O. The first kappa shape index (κ1) is 10.6. The van der Waals surface area contributed by atoms with Crippen molar-refractivity contribution in [3.05, 3.63) is 30.1 Å². The van der Waals surface area contributed by atoms with E-state index in [1.54, 1.807) is 6.20 Å². The van der Waals surface area contributed by atoms with E-state index in [9.17, 15) is 0 Å². The molecule has 0 amide bonds. The molecule has 1 aromatic rings. The van der Waals surface area contributed by atoms with Crippen LogP contribution in [0.25, 0.3) is 0 Å². The molecule has 3 nitrogen and oxygen atoms in total. The number of hydrogen-bond acceptors (Lipinski definition) is 3. The summed E-state index contributed by atoms with van der Waals surface area (Å²) in [6.45, 7) is 2.81. The molecule has 2 unspecified atom stereocenters. The van der Waals surface area contributed by atoms with E-state index in [-0.39, 0.29) is 12.1 Å². The molecule has 15 heavy (non-hydrogen) atoms. The highest BCUT2D eigenvalue weighted by molar-refractivity contribution is 5.13. The zero-order valence-corrected chi connectivity index (χ0v) is 9.10. The zero-order valence-electron chi connectivity index (χ0n) is 9.10. The maximum Gasteiger partial charge on any atom is 0.0987 e. The number of rotatable bonds is 5. The Bertz CT molecular complexity index is 296. The first-order valence-electron chi connectivity index (χ1n) is 5.54. The number of nitrogens with two attached hydrogens (primary N) is 1. The molecule has 0 spiro atoms. The van der Waals surface area contributed by atoms with Crippen molar-refractivity contribution in [2.45, 2.75) is 31.9 Å². The highest BCUT2D eigenvalue weighted by Crippen LogP contribution is 2.31. The van der Waals surface area contributed by atoms with Gasteiger partial charge in [-0.05, 0) is 31.7 Å². The number of hydrogen-bond donors (Lipinski definition) is 1. The lowest BCUT2D eigenvalue weighted by molar-refractivity contribution is 0.0312. The molecule has 0 bridgehead atoms. The number of ether oxygens (including phenoxy) is 1. The van der Waals surface area contributed by atoms with Crippen LogP contribution >= 0.6 is 0 Å². The normalized spacial score (nSPS) is 19.9. The van der Waals surface area contributed by atoms with Crippen molar-refractivity contribution < 1.29 is 4.74 Å². The predicted molar refractivity (Wildman–Crippen MR) is 59.3 cm³/mol. The summed E-state index contributed by atoms with van der Waals surface area (Å²) in [5.41, 5.74) is 7.00. The van der Waals surface area contributed by atoms with Gasteiger partial charge in [-0.3, -0.25) is 4.98 Å². The summed E-state index contributed by atoms with van der Waals surface area (Å²) in [6.07, 6.45) is 6.19. The van der Waals surface area contributed by atoms with Crippen molar-refractivity contribution >= 4 is 0 Å². The first-order chi connectivity index (χ1) is 7.27. The molecular weight excluding hydrogens is 188 g/mol. The summed E-state index contributed by atoms with van der Waals surface area (Å²) in [6, 6.07) is 3.95. The van der Waals surface area contributed by atoms with E-state index in [1.165, 1.54) is 12.8 Å². The lowest BCUT2D eigenvalue weighted by Crippen LogP contribution is -2.27. The minimum atomic E-state index is -0.0145. The van der Waals surface area contributed by atoms with Crippen LogP contribution in [-0.2, 0) is 4.74 Å². The summed E-state index contributed by atoms with van der Waals surface area (Å²) in [5, 5.41) is 0. The van der Waals surface area contributed by atoms with Gasteiger partial charge in [-0.1, -0.05) is 6.07 Å². The van der Waals surface area contributed by atoms with E-state index in [0.717, 1.165) is 18.1 Å². The third-order valence-electron chi connectivity index (χ3n) is 2.70. The van der Waals surface area contributed by atoms with Gasteiger partial charge in [-0.25, -0.2) is 0 Å². The molecule has 2 atom stereocenters. The van der Waals surface area contributed by atoms with Gasteiger partial charge in [0, 0.05) is 24.0 Å². The number of pyridine rings is 1. The van der Waals surface area contributed by atoms with Crippen LogP contribution in [0.2, 0.25) is 0 Å². The van der Waals surface area contributed by atoms with E-state index in [0.29, 0.717) is 0 Å². The van der Waals surface area contributed by atoms with Gasteiger partial charge >= 0.3 is 0 Å². The van der Waals surface area contributed by atoms with Crippen LogP contribution in [0.4, 0.5) is 0 Å². The molecule has 3 heteroatoms. The predicted octanol–water partition coefficient (Wildman–Crippen LogP) is 1.90. The second kappa shape index (κ2) is 4.73. The van der Waals surface area contributed by atoms with Gasteiger partial charge in [0.2, 0.25) is 0 Å². The van der Waals surface area contributed by atoms with Crippen LogP contribution in [0, 0.1) is 5.92 Å². The third-order valence-corrected chi connectivity index (χ3v) is 2.70. The summed E-state index contributed by atoms with van der Waals surface area (Å²) >= 11 is 0. The molecule has 0 saturated heterocycles. The molecule has 2 rings (SSSR count). The van der Waals surface area contributed by atoms with Crippen LogP contribution in [-0.4, -0.2) is 17.6 Å².